The molecular formula is C23H23FN6OS. The van der Waals surface area contributed by atoms with Crippen molar-refractivity contribution in [1.82, 2.24) is 19.5 Å². The first-order valence-corrected chi connectivity index (χ1v) is 11.4. The van der Waals surface area contributed by atoms with Gasteiger partial charge >= 0.3 is 0 Å². The van der Waals surface area contributed by atoms with Gasteiger partial charge in [0.1, 0.15) is 22.8 Å². The minimum Gasteiger partial charge on any atom is -0.356 e. The van der Waals surface area contributed by atoms with Crippen LogP contribution in [0.4, 0.5) is 15.9 Å². The van der Waals surface area contributed by atoms with Crippen LogP contribution in [0.3, 0.4) is 0 Å². The molecule has 5 rings (SSSR count). The molecule has 4 heterocycles. The van der Waals surface area contributed by atoms with Gasteiger partial charge in [-0.3, -0.25) is 4.79 Å². The van der Waals surface area contributed by atoms with Crippen LogP contribution in [0.25, 0.3) is 15.9 Å². The van der Waals surface area contributed by atoms with Gasteiger partial charge in [-0.15, -0.1) is 11.3 Å². The first-order valence-electron chi connectivity index (χ1n) is 10.6. The summed E-state index contributed by atoms with van der Waals surface area (Å²) in [7, 11) is 0. The number of piperidine rings is 1. The van der Waals surface area contributed by atoms with Crippen molar-refractivity contribution in [2.75, 3.05) is 23.3 Å². The minimum atomic E-state index is -0.412. The van der Waals surface area contributed by atoms with E-state index >= 15 is 0 Å². The topological polar surface area (TPSA) is 75.9 Å². The number of hydrogen-bond donors (Lipinski definition) is 1. The van der Waals surface area contributed by atoms with Crippen molar-refractivity contribution in [1.29, 1.82) is 0 Å². The van der Waals surface area contributed by atoms with Crippen LogP contribution in [0.15, 0.2) is 43.2 Å². The van der Waals surface area contributed by atoms with E-state index in [1.807, 2.05) is 0 Å². The molecule has 0 aliphatic carbocycles. The largest absolute Gasteiger partial charge is 0.356 e. The lowest BCUT2D eigenvalue weighted by Gasteiger charge is -2.32. The van der Waals surface area contributed by atoms with Crippen LogP contribution < -0.4 is 10.2 Å². The smallest absolute Gasteiger partial charge is 0.227 e. The summed E-state index contributed by atoms with van der Waals surface area (Å²) in [6.07, 6.45) is 7.86. The molecule has 7 nitrogen and oxygen atoms in total. The Bertz CT molecular complexity index is 1280. The number of fused-ring (bicyclic) bond motifs is 1. The number of amides is 1. The zero-order valence-corrected chi connectivity index (χ0v) is 18.7. The highest BCUT2D eigenvalue weighted by atomic mass is 32.1. The number of anilines is 2. The van der Waals surface area contributed by atoms with Gasteiger partial charge in [-0.25, -0.2) is 19.3 Å². The quantitative estimate of drug-likeness (QED) is 0.496. The van der Waals surface area contributed by atoms with E-state index in [2.05, 4.69) is 39.0 Å². The van der Waals surface area contributed by atoms with Crippen LogP contribution in [-0.4, -0.2) is 38.5 Å². The Hall–Kier alpha value is -3.33. The van der Waals surface area contributed by atoms with Gasteiger partial charge in [-0.05, 0) is 50.5 Å². The number of aryl methyl sites for hydroxylation is 2. The second kappa shape index (κ2) is 8.31. The lowest BCUT2D eigenvalue weighted by Crippen LogP contribution is -2.38. The van der Waals surface area contributed by atoms with Crippen LogP contribution in [0.2, 0.25) is 0 Å². The Morgan fingerprint density at radius 2 is 2.03 bits per heavy atom. The molecule has 9 heteroatoms. The molecule has 0 spiro atoms. The fourth-order valence-corrected chi connectivity index (χ4v) is 5.19. The number of nitrogens with zero attached hydrogens (tertiary/aromatic N) is 5. The monoisotopic (exact) mass is 450 g/mol. The van der Waals surface area contributed by atoms with E-state index in [0.29, 0.717) is 11.4 Å². The molecule has 0 bridgehead atoms. The maximum Gasteiger partial charge on any atom is 0.227 e. The Kier molecular flexibility index (Phi) is 5.34. The van der Waals surface area contributed by atoms with Gasteiger partial charge < -0.3 is 14.8 Å². The van der Waals surface area contributed by atoms with Crippen molar-refractivity contribution in [3.8, 4) is 5.69 Å². The SMILES string of the molecule is Cc1sc2ncnc(N3CCC(C(=O)Nc4ccc(-n5ccnc5)c(F)c4)CC3)c2c1C. The van der Waals surface area contributed by atoms with E-state index in [4.69, 9.17) is 0 Å². The maximum absolute atomic E-state index is 14.5. The lowest BCUT2D eigenvalue weighted by atomic mass is 9.95. The van der Waals surface area contributed by atoms with Crippen molar-refractivity contribution in [3.05, 3.63) is 59.5 Å². The molecule has 0 atom stereocenters. The Morgan fingerprint density at radius 1 is 1.22 bits per heavy atom. The van der Waals surface area contributed by atoms with Crippen molar-refractivity contribution >= 4 is 39.0 Å². The van der Waals surface area contributed by atoms with Crippen molar-refractivity contribution in [2.24, 2.45) is 5.92 Å². The number of aromatic nitrogens is 4. The summed E-state index contributed by atoms with van der Waals surface area (Å²) >= 11 is 1.69. The summed E-state index contributed by atoms with van der Waals surface area (Å²) in [5.41, 5.74) is 2.08. The number of benzene rings is 1. The molecule has 164 valence electrons. The van der Waals surface area contributed by atoms with Gasteiger partial charge in [0.25, 0.3) is 0 Å². The first-order chi connectivity index (χ1) is 15.5. The van der Waals surface area contributed by atoms with Gasteiger partial charge in [-0.2, -0.15) is 0 Å². The number of thiophene rings is 1. The summed E-state index contributed by atoms with van der Waals surface area (Å²) in [4.78, 5) is 30.2. The molecule has 0 unspecified atom stereocenters. The summed E-state index contributed by atoms with van der Waals surface area (Å²) < 4.78 is 16.1. The number of nitrogens with one attached hydrogen (secondary N) is 1. The molecule has 0 radical (unpaired) electrons. The number of imidazole rings is 1. The summed E-state index contributed by atoms with van der Waals surface area (Å²) in [5.74, 6) is 0.345. The molecular weight excluding hydrogens is 427 g/mol. The van der Waals surface area contributed by atoms with Gasteiger partial charge in [-0.1, -0.05) is 0 Å². The van der Waals surface area contributed by atoms with Crippen molar-refractivity contribution in [3.63, 3.8) is 0 Å². The van der Waals surface area contributed by atoms with Crippen LogP contribution in [-0.2, 0) is 4.79 Å². The van der Waals surface area contributed by atoms with Gasteiger partial charge in [0.2, 0.25) is 5.91 Å². The second-order valence-electron chi connectivity index (χ2n) is 8.05. The highest BCUT2D eigenvalue weighted by Crippen LogP contribution is 2.35. The zero-order valence-electron chi connectivity index (χ0n) is 17.9. The predicted octanol–water partition coefficient (Wildman–Crippen LogP) is 4.49. The molecule has 4 aromatic rings. The molecule has 1 saturated heterocycles. The molecule has 1 fully saturated rings. The van der Waals surface area contributed by atoms with Crippen molar-refractivity contribution in [2.45, 2.75) is 26.7 Å². The van der Waals surface area contributed by atoms with Crippen LogP contribution in [0.5, 0.6) is 0 Å². The minimum absolute atomic E-state index is 0.0742. The number of rotatable bonds is 4. The van der Waals surface area contributed by atoms with Crippen molar-refractivity contribution < 1.29 is 9.18 Å². The number of carbonyl (C=O) groups excluding carboxylic acids is 1. The third kappa shape index (κ3) is 3.73. The van der Waals surface area contributed by atoms with E-state index in [0.717, 1.165) is 42.0 Å². The molecule has 1 aliphatic rings. The standard InChI is InChI=1S/C23H23FN6OS/c1-14-15(2)32-23-20(14)21(26-12-27-23)29-8-5-16(6-9-29)22(31)28-17-3-4-19(18(24)11-17)30-10-7-25-13-30/h3-4,7,10-13,16H,5-6,8-9H2,1-2H3,(H,28,31). The molecule has 0 saturated carbocycles. The Labute approximate surface area is 188 Å². The van der Waals surface area contributed by atoms with E-state index in [1.165, 1.54) is 22.8 Å². The highest BCUT2D eigenvalue weighted by Gasteiger charge is 2.27. The molecule has 32 heavy (non-hydrogen) atoms. The van der Waals surface area contributed by atoms with E-state index in [1.54, 1.807) is 46.8 Å². The third-order valence-electron chi connectivity index (χ3n) is 6.11. The average molecular weight is 451 g/mol. The fourth-order valence-electron chi connectivity index (χ4n) is 4.20. The number of carbonyl (C=O) groups is 1. The Morgan fingerprint density at radius 3 is 2.75 bits per heavy atom. The number of halogens is 1. The molecule has 1 amide bonds. The number of hydrogen-bond acceptors (Lipinski definition) is 6. The van der Waals surface area contributed by atoms with Gasteiger partial charge in [0, 0.05) is 42.0 Å². The van der Waals surface area contributed by atoms with E-state index < -0.39 is 5.82 Å². The zero-order chi connectivity index (χ0) is 22.2. The molecule has 1 aliphatic heterocycles. The van der Waals surface area contributed by atoms with E-state index in [9.17, 15) is 9.18 Å². The summed E-state index contributed by atoms with van der Waals surface area (Å²) in [6.45, 7) is 5.70. The normalized spacial score (nSPS) is 14.8. The highest BCUT2D eigenvalue weighted by molar-refractivity contribution is 7.18. The molecule has 3 aromatic heterocycles. The third-order valence-corrected chi connectivity index (χ3v) is 7.22. The van der Waals surface area contributed by atoms with E-state index in [-0.39, 0.29) is 11.8 Å². The van der Waals surface area contributed by atoms with Gasteiger partial charge in [0.05, 0.1) is 17.4 Å². The average Bonchev–Trinajstić information content (AvgIpc) is 3.42. The fraction of sp³-hybridized carbons (Fsp3) is 0.304. The van der Waals surface area contributed by atoms with Crippen LogP contribution >= 0.6 is 11.3 Å². The summed E-state index contributed by atoms with van der Waals surface area (Å²) in [6, 6.07) is 4.70. The Balaban J connectivity index is 1.25. The van der Waals surface area contributed by atoms with Crippen LogP contribution in [0.1, 0.15) is 23.3 Å². The first kappa shape index (κ1) is 20.6. The molecule has 1 N–H and O–H groups in total. The maximum atomic E-state index is 14.5. The lowest BCUT2D eigenvalue weighted by molar-refractivity contribution is -0.120. The second-order valence-corrected chi connectivity index (χ2v) is 9.25. The van der Waals surface area contributed by atoms with Crippen LogP contribution in [0, 0.1) is 25.6 Å². The predicted molar refractivity (Wildman–Crippen MR) is 124 cm³/mol. The molecule has 1 aromatic carbocycles. The van der Waals surface area contributed by atoms with Gasteiger partial charge in [0.15, 0.2) is 0 Å². The summed E-state index contributed by atoms with van der Waals surface area (Å²) in [5, 5.41) is 3.99.